The van der Waals surface area contributed by atoms with Crippen LogP contribution in [0, 0.1) is 0 Å². The van der Waals surface area contributed by atoms with Crippen LogP contribution in [-0.4, -0.2) is 42.5 Å². The molecule has 2 aromatic carbocycles. The zero-order chi connectivity index (χ0) is 14.5. The number of hydrogen-bond donors (Lipinski definition) is 3. The number of amides is 1. The monoisotopic (exact) mass is 275 g/mol. The molecule has 0 saturated heterocycles. The molecule has 1 amide bonds. The number of carbonyl (C=O) groups is 1. The van der Waals surface area contributed by atoms with Gasteiger partial charge in [-0.2, -0.15) is 0 Å². The standard InChI is InChI=1S/C15H17NO4/c1-20-9-11(17)8-16-15(19)13-7-6-10-4-2-3-5-12(10)14(13)18/h2-7,11,17-18H,8-9H2,1H3,(H,16,19). The van der Waals surface area contributed by atoms with Gasteiger partial charge in [-0.1, -0.05) is 30.3 Å². The van der Waals surface area contributed by atoms with Crippen LogP contribution in [0.25, 0.3) is 10.8 Å². The lowest BCUT2D eigenvalue weighted by Crippen LogP contribution is -2.34. The SMILES string of the molecule is COCC(O)CNC(=O)c1ccc2ccccc2c1O. The van der Waals surface area contributed by atoms with Gasteiger partial charge < -0.3 is 20.3 Å². The minimum absolute atomic E-state index is 0.0539. The number of rotatable bonds is 5. The number of phenols is 1. The van der Waals surface area contributed by atoms with Crippen molar-refractivity contribution in [3.63, 3.8) is 0 Å². The van der Waals surface area contributed by atoms with Crippen molar-refractivity contribution in [2.45, 2.75) is 6.10 Å². The summed E-state index contributed by atoms with van der Waals surface area (Å²) in [5.74, 6) is -0.481. The highest BCUT2D eigenvalue weighted by Crippen LogP contribution is 2.28. The molecule has 5 heteroatoms. The lowest BCUT2D eigenvalue weighted by Gasteiger charge is -2.12. The van der Waals surface area contributed by atoms with Gasteiger partial charge in [-0.05, 0) is 11.5 Å². The predicted octanol–water partition coefficient (Wildman–Crippen LogP) is 1.28. The fourth-order valence-electron chi connectivity index (χ4n) is 2.00. The molecule has 20 heavy (non-hydrogen) atoms. The summed E-state index contributed by atoms with van der Waals surface area (Å²) in [6, 6.07) is 10.6. The fourth-order valence-corrected chi connectivity index (χ4v) is 2.00. The summed E-state index contributed by atoms with van der Waals surface area (Å²) >= 11 is 0. The van der Waals surface area contributed by atoms with Crippen molar-refractivity contribution < 1.29 is 19.7 Å². The van der Waals surface area contributed by atoms with Crippen LogP contribution in [0.2, 0.25) is 0 Å². The first-order valence-corrected chi connectivity index (χ1v) is 6.29. The highest BCUT2D eigenvalue weighted by atomic mass is 16.5. The highest BCUT2D eigenvalue weighted by Gasteiger charge is 2.14. The van der Waals surface area contributed by atoms with Crippen molar-refractivity contribution in [1.29, 1.82) is 0 Å². The summed E-state index contributed by atoms with van der Waals surface area (Å²) in [5.41, 5.74) is 0.188. The van der Waals surface area contributed by atoms with E-state index in [0.717, 1.165) is 5.39 Å². The van der Waals surface area contributed by atoms with Crippen molar-refractivity contribution in [2.24, 2.45) is 0 Å². The summed E-state index contributed by atoms with van der Waals surface area (Å²) in [5, 5.41) is 23.7. The van der Waals surface area contributed by atoms with E-state index in [4.69, 9.17) is 4.74 Å². The fraction of sp³-hybridized carbons (Fsp3) is 0.267. The number of benzene rings is 2. The Morgan fingerprint density at radius 3 is 2.80 bits per heavy atom. The van der Waals surface area contributed by atoms with Gasteiger partial charge in [-0.15, -0.1) is 0 Å². The normalized spacial score (nSPS) is 12.3. The Labute approximate surface area is 116 Å². The minimum atomic E-state index is -0.772. The Balaban J connectivity index is 2.16. The third-order valence-electron chi connectivity index (χ3n) is 3.00. The Hall–Kier alpha value is -2.11. The molecule has 2 rings (SSSR count). The van der Waals surface area contributed by atoms with Gasteiger partial charge in [0.25, 0.3) is 5.91 Å². The van der Waals surface area contributed by atoms with E-state index in [1.165, 1.54) is 7.11 Å². The number of nitrogens with one attached hydrogen (secondary N) is 1. The van der Waals surface area contributed by atoms with E-state index in [1.54, 1.807) is 24.3 Å². The molecule has 0 bridgehead atoms. The molecule has 5 nitrogen and oxygen atoms in total. The molecule has 106 valence electrons. The first-order valence-electron chi connectivity index (χ1n) is 6.29. The predicted molar refractivity (Wildman–Crippen MR) is 75.8 cm³/mol. The van der Waals surface area contributed by atoms with Crippen LogP contribution in [0.5, 0.6) is 5.75 Å². The summed E-state index contributed by atoms with van der Waals surface area (Å²) in [6.45, 7) is 0.211. The summed E-state index contributed by atoms with van der Waals surface area (Å²) in [7, 11) is 1.47. The molecule has 0 saturated carbocycles. The van der Waals surface area contributed by atoms with E-state index < -0.39 is 12.0 Å². The molecule has 0 aliphatic carbocycles. The average Bonchev–Trinajstić information content (AvgIpc) is 2.46. The minimum Gasteiger partial charge on any atom is -0.506 e. The number of methoxy groups -OCH3 is 1. The van der Waals surface area contributed by atoms with Crippen molar-refractivity contribution in [1.82, 2.24) is 5.32 Å². The lowest BCUT2D eigenvalue weighted by molar-refractivity contribution is 0.0609. The maximum absolute atomic E-state index is 12.0. The number of aromatic hydroxyl groups is 1. The zero-order valence-corrected chi connectivity index (χ0v) is 11.2. The number of aliphatic hydroxyl groups is 1. The molecule has 0 aromatic heterocycles. The van der Waals surface area contributed by atoms with Crippen molar-refractivity contribution in [3.05, 3.63) is 42.0 Å². The van der Waals surface area contributed by atoms with E-state index >= 15 is 0 Å². The van der Waals surface area contributed by atoms with Gasteiger partial charge >= 0.3 is 0 Å². The van der Waals surface area contributed by atoms with E-state index in [-0.39, 0.29) is 24.5 Å². The Morgan fingerprint density at radius 2 is 2.05 bits per heavy atom. The van der Waals surface area contributed by atoms with Crippen LogP contribution in [0.1, 0.15) is 10.4 Å². The van der Waals surface area contributed by atoms with Crippen molar-refractivity contribution in [3.8, 4) is 5.75 Å². The maximum atomic E-state index is 12.0. The number of carbonyl (C=O) groups excluding carboxylic acids is 1. The highest BCUT2D eigenvalue weighted by molar-refractivity contribution is 6.03. The summed E-state index contributed by atoms with van der Waals surface area (Å²) in [4.78, 5) is 12.0. The van der Waals surface area contributed by atoms with Gasteiger partial charge in [-0.3, -0.25) is 4.79 Å². The molecule has 0 radical (unpaired) electrons. The molecule has 0 aliphatic rings. The topological polar surface area (TPSA) is 78.8 Å². The first-order chi connectivity index (χ1) is 9.63. The van der Waals surface area contributed by atoms with Gasteiger partial charge in [0.2, 0.25) is 0 Å². The van der Waals surface area contributed by atoms with E-state index in [2.05, 4.69) is 5.32 Å². The Kier molecular flexibility index (Phi) is 4.55. The number of fused-ring (bicyclic) bond motifs is 1. The van der Waals surface area contributed by atoms with Crippen molar-refractivity contribution >= 4 is 16.7 Å². The third kappa shape index (κ3) is 3.07. The van der Waals surface area contributed by atoms with Crippen LogP contribution in [0.3, 0.4) is 0 Å². The average molecular weight is 275 g/mol. The van der Waals surface area contributed by atoms with Crippen LogP contribution < -0.4 is 5.32 Å². The first kappa shape index (κ1) is 14.3. The second-order valence-electron chi connectivity index (χ2n) is 4.50. The van der Waals surface area contributed by atoms with Gasteiger partial charge in [0.05, 0.1) is 18.3 Å². The molecule has 1 unspecified atom stereocenters. The molecule has 0 aliphatic heterocycles. The number of aliphatic hydroxyl groups excluding tert-OH is 1. The van der Waals surface area contributed by atoms with Gasteiger partial charge in [-0.25, -0.2) is 0 Å². The second-order valence-corrected chi connectivity index (χ2v) is 4.50. The van der Waals surface area contributed by atoms with Gasteiger partial charge in [0, 0.05) is 19.0 Å². The van der Waals surface area contributed by atoms with Gasteiger partial charge in [0.1, 0.15) is 5.75 Å². The van der Waals surface area contributed by atoms with Crippen LogP contribution >= 0.6 is 0 Å². The van der Waals surface area contributed by atoms with Crippen LogP contribution in [0.15, 0.2) is 36.4 Å². The Morgan fingerprint density at radius 1 is 1.30 bits per heavy atom. The molecule has 0 heterocycles. The van der Waals surface area contributed by atoms with E-state index in [9.17, 15) is 15.0 Å². The smallest absolute Gasteiger partial charge is 0.255 e. The molecule has 0 fully saturated rings. The van der Waals surface area contributed by atoms with E-state index in [1.807, 2.05) is 12.1 Å². The molecule has 1 atom stereocenters. The molecular weight excluding hydrogens is 258 g/mol. The second kappa shape index (κ2) is 6.36. The van der Waals surface area contributed by atoms with E-state index in [0.29, 0.717) is 5.39 Å². The maximum Gasteiger partial charge on any atom is 0.255 e. The Bertz CT molecular complexity index is 612. The number of ether oxygens (including phenoxy) is 1. The quantitative estimate of drug-likeness (QED) is 0.768. The molecule has 3 N–H and O–H groups in total. The molecule has 2 aromatic rings. The summed E-state index contributed by atoms with van der Waals surface area (Å²) < 4.78 is 4.77. The zero-order valence-electron chi connectivity index (χ0n) is 11.2. The lowest BCUT2D eigenvalue weighted by atomic mass is 10.0. The molecule has 0 spiro atoms. The van der Waals surface area contributed by atoms with Gasteiger partial charge in [0.15, 0.2) is 0 Å². The van der Waals surface area contributed by atoms with Crippen LogP contribution in [-0.2, 0) is 4.74 Å². The molecular formula is C15H17NO4. The number of phenolic OH excluding ortho intramolecular Hbond substituents is 1. The van der Waals surface area contributed by atoms with Crippen molar-refractivity contribution in [2.75, 3.05) is 20.3 Å². The van der Waals surface area contributed by atoms with Crippen LogP contribution in [0.4, 0.5) is 0 Å². The largest absolute Gasteiger partial charge is 0.506 e. The number of hydrogen-bond acceptors (Lipinski definition) is 4. The summed E-state index contributed by atoms with van der Waals surface area (Å²) in [6.07, 6.45) is -0.772. The third-order valence-corrected chi connectivity index (χ3v) is 3.00.